The van der Waals surface area contributed by atoms with Gasteiger partial charge in [-0.15, -0.1) is 0 Å². The number of hydrogen-bond donors (Lipinski definition) is 1. The zero-order valence-corrected chi connectivity index (χ0v) is 12.3. The summed E-state index contributed by atoms with van der Waals surface area (Å²) in [6.07, 6.45) is 7.96. The number of rotatable bonds is 5. The average molecular weight is 240 g/mol. The maximum absolute atomic E-state index is 6.12. The molecule has 17 heavy (non-hydrogen) atoms. The maximum atomic E-state index is 6.12. The van der Waals surface area contributed by atoms with Gasteiger partial charge in [0.15, 0.2) is 0 Å². The summed E-state index contributed by atoms with van der Waals surface area (Å²) in [6.45, 7) is 9.02. The van der Waals surface area contributed by atoms with E-state index in [9.17, 15) is 0 Å². The number of likely N-dealkylation sites (N-methyl/N-ethyl adjacent to an activating group) is 1. The molecule has 2 atom stereocenters. The molecular formula is C15H32N2. The van der Waals surface area contributed by atoms with Crippen molar-refractivity contribution in [1.29, 1.82) is 0 Å². The number of nitrogens with two attached hydrogens (primary N) is 1. The Labute approximate surface area is 108 Å². The molecule has 0 bridgehead atoms. The van der Waals surface area contributed by atoms with Gasteiger partial charge in [0, 0.05) is 12.1 Å². The van der Waals surface area contributed by atoms with E-state index in [1.54, 1.807) is 0 Å². The summed E-state index contributed by atoms with van der Waals surface area (Å²) in [5.74, 6) is 1.68. The van der Waals surface area contributed by atoms with Gasteiger partial charge in [-0.25, -0.2) is 0 Å². The summed E-state index contributed by atoms with van der Waals surface area (Å²) in [6, 6.07) is 0. The first kappa shape index (κ1) is 15.0. The van der Waals surface area contributed by atoms with Gasteiger partial charge in [-0.05, 0) is 51.1 Å². The van der Waals surface area contributed by atoms with Crippen molar-refractivity contribution < 1.29 is 0 Å². The van der Waals surface area contributed by atoms with E-state index in [4.69, 9.17) is 5.73 Å². The quantitative estimate of drug-likeness (QED) is 0.747. The summed E-state index contributed by atoms with van der Waals surface area (Å²) in [5.41, 5.74) is 6.41. The van der Waals surface area contributed by atoms with Gasteiger partial charge in [0.25, 0.3) is 0 Å². The first-order valence-corrected chi connectivity index (χ1v) is 7.41. The van der Waals surface area contributed by atoms with Crippen molar-refractivity contribution in [2.24, 2.45) is 17.6 Å². The van der Waals surface area contributed by atoms with Crippen LogP contribution in [0.1, 0.15) is 59.3 Å². The minimum absolute atomic E-state index is 0.291. The van der Waals surface area contributed by atoms with E-state index in [2.05, 4.69) is 32.7 Å². The molecule has 2 nitrogen and oxygen atoms in total. The van der Waals surface area contributed by atoms with Gasteiger partial charge in [-0.1, -0.05) is 33.6 Å². The average Bonchev–Trinajstić information content (AvgIpc) is 2.49. The predicted octanol–water partition coefficient (Wildman–Crippen LogP) is 3.26. The second kappa shape index (κ2) is 6.75. The molecule has 1 rings (SSSR count). The highest BCUT2D eigenvalue weighted by Crippen LogP contribution is 2.33. The van der Waals surface area contributed by atoms with Crippen molar-refractivity contribution >= 4 is 0 Å². The third-order valence-corrected chi connectivity index (χ3v) is 4.67. The molecule has 1 aliphatic rings. The van der Waals surface area contributed by atoms with Crippen LogP contribution >= 0.6 is 0 Å². The molecule has 1 fully saturated rings. The van der Waals surface area contributed by atoms with Crippen LogP contribution in [0.15, 0.2) is 0 Å². The zero-order valence-electron chi connectivity index (χ0n) is 12.3. The van der Waals surface area contributed by atoms with E-state index < -0.39 is 0 Å². The Hall–Kier alpha value is -0.0800. The molecular weight excluding hydrogens is 208 g/mol. The van der Waals surface area contributed by atoms with Crippen molar-refractivity contribution in [3.05, 3.63) is 0 Å². The van der Waals surface area contributed by atoms with Gasteiger partial charge in [0.05, 0.1) is 0 Å². The van der Waals surface area contributed by atoms with E-state index >= 15 is 0 Å². The van der Waals surface area contributed by atoms with Gasteiger partial charge < -0.3 is 5.73 Å². The van der Waals surface area contributed by atoms with Crippen LogP contribution in [0.2, 0.25) is 0 Å². The Morgan fingerprint density at radius 3 is 2.59 bits per heavy atom. The molecule has 2 heteroatoms. The van der Waals surface area contributed by atoms with Crippen molar-refractivity contribution in [3.63, 3.8) is 0 Å². The lowest BCUT2D eigenvalue weighted by molar-refractivity contribution is 0.101. The molecule has 0 radical (unpaired) electrons. The van der Waals surface area contributed by atoms with Crippen LogP contribution in [0.4, 0.5) is 0 Å². The Morgan fingerprint density at radius 1 is 1.29 bits per heavy atom. The number of hydrogen-bond acceptors (Lipinski definition) is 2. The molecule has 0 spiro atoms. The summed E-state index contributed by atoms with van der Waals surface area (Å²) < 4.78 is 0. The molecule has 2 unspecified atom stereocenters. The summed E-state index contributed by atoms with van der Waals surface area (Å²) in [4.78, 5) is 2.56. The number of nitrogens with zero attached hydrogens (tertiary/aromatic N) is 1. The molecule has 0 aromatic carbocycles. The standard InChI is InChI=1S/C15H32N2/c1-13(2)8-11-17(4)15(12-16)9-5-6-14(3)7-10-15/h13-14H,5-12,16H2,1-4H3. The van der Waals surface area contributed by atoms with Crippen molar-refractivity contribution in [1.82, 2.24) is 4.90 Å². The zero-order chi connectivity index (χ0) is 12.9. The highest BCUT2D eigenvalue weighted by Gasteiger charge is 2.34. The van der Waals surface area contributed by atoms with Crippen LogP contribution in [0.5, 0.6) is 0 Å². The Balaban J connectivity index is 2.59. The van der Waals surface area contributed by atoms with E-state index in [1.807, 2.05) is 0 Å². The minimum atomic E-state index is 0.291. The molecule has 2 N–H and O–H groups in total. The van der Waals surface area contributed by atoms with Gasteiger partial charge in [0.1, 0.15) is 0 Å². The fourth-order valence-corrected chi connectivity index (χ4v) is 2.99. The van der Waals surface area contributed by atoms with Crippen LogP contribution in [-0.2, 0) is 0 Å². The summed E-state index contributed by atoms with van der Waals surface area (Å²) in [7, 11) is 2.28. The molecule has 0 saturated heterocycles. The first-order chi connectivity index (χ1) is 8.00. The molecule has 102 valence electrons. The van der Waals surface area contributed by atoms with Crippen LogP contribution in [0.3, 0.4) is 0 Å². The minimum Gasteiger partial charge on any atom is -0.329 e. The molecule has 0 aromatic rings. The Bertz CT molecular complexity index is 215. The first-order valence-electron chi connectivity index (χ1n) is 7.41. The van der Waals surface area contributed by atoms with Crippen molar-refractivity contribution in [3.8, 4) is 0 Å². The van der Waals surface area contributed by atoms with E-state index in [0.717, 1.165) is 18.4 Å². The smallest absolute Gasteiger partial charge is 0.0328 e. The fraction of sp³-hybridized carbons (Fsp3) is 1.00. The van der Waals surface area contributed by atoms with Crippen LogP contribution in [-0.4, -0.2) is 30.6 Å². The van der Waals surface area contributed by atoms with Gasteiger partial charge >= 0.3 is 0 Å². The largest absolute Gasteiger partial charge is 0.329 e. The second-order valence-corrected chi connectivity index (χ2v) is 6.57. The normalized spacial score (nSPS) is 30.9. The van der Waals surface area contributed by atoms with Crippen LogP contribution in [0.25, 0.3) is 0 Å². The van der Waals surface area contributed by atoms with Crippen molar-refractivity contribution in [2.45, 2.75) is 64.8 Å². The lowest BCUT2D eigenvalue weighted by atomic mass is 9.87. The van der Waals surface area contributed by atoms with E-state index in [0.29, 0.717) is 5.54 Å². The molecule has 0 amide bonds. The van der Waals surface area contributed by atoms with Crippen LogP contribution in [0, 0.1) is 11.8 Å². The molecule has 1 saturated carbocycles. The molecule has 0 aliphatic heterocycles. The Morgan fingerprint density at radius 2 is 2.00 bits per heavy atom. The lowest BCUT2D eigenvalue weighted by Crippen LogP contribution is -2.52. The highest BCUT2D eigenvalue weighted by atomic mass is 15.2. The third kappa shape index (κ3) is 4.26. The summed E-state index contributed by atoms with van der Waals surface area (Å²) >= 11 is 0. The second-order valence-electron chi connectivity index (χ2n) is 6.57. The monoisotopic (exact) mass is 240 g/mol. The van der Waals surface area contributed by atoms with Crippen molar-refractivity contribution in [2.75, 3.05) is 20.1 Å². The molecule has 0 heterocycles. The van der Waals surface area contributed by atoms with E-state index in [-0.39, 0.29) is 0 Å². The molecule has 1 aliphatic carbocycles. The summed E-state index contributed by atoms with van der Waals surface area (Å²) in [5, 5.41) is 0. The van der Waals surface area contributed by atoms with Crippen LogP contribution < -0.4 is 5.73 Å². The lowest BCUT2D eigenvalue weighted by Gasteiger charge is -2.41. The fourth-order valence-electron chi connectivity index (χ4n) is 2.99. The third-order valence-electron chi connectivity index (χ3n) is 4.67. The topological polar surface area (TPSA) is 29.3 Å². The highest BCUT2D eigenvalue weighted by molar-refractivity contribution is 4.92. The van der Waals surface area contributed by atoms with E-state index in [1.165, 1.54) is 45.1 Å². The van der Waals surface area contributed by atoms with Gasteiger partial charge in [-0.3, -0.25) is 4.90 Å². The Kier molecular flexibility index (Phi) is 5.94. The van der Waals surface area contributed by atoms with Gasteiger partial charge in [-0.2, -0.15) is 0 Å². The maximum Gasteiger partial charge on any atom is 0.0328 e. The molecule has 0 aromatic heterocycles. The SMILES string of the molecule is CC(C)CCN(C)C1(CN)CCCC(C)CC1. The predicted molar refractivity (Wildman–Crippen MR) is 76.1 cm³/mol. The van der Waals surface area contributed by atoms with Gasteiger partial charge in [0.2, 0.25) is 0 Å².